The molecule has 7 N–H and O–H groups in total. The van der Waals surface area contributed by atoms with Crippen LogP contribution in [0.2, 0.25) is 0 Å². The van der Waals surface area contributed by atoms with Gasteiger partial charge in [-0.15, -0.1) is 10.2 Å². The number of nitrogens with two attached hydrogens (primary N) is 2. The summed E-state index contributed by atoms with van der Waals surface area (Å²) in [4.78, 5) is 34.2. The minimum absolute atomic E-state index is 0.112. The Labute approximate surface area is 275 Å². The molecule has 3 aromatic rings. The Bertz CT molecular complexity index is 1450. The minimum Gasteiger partial charge on any atom is -0.462 e. The van der Waals surface area contributed by atoms with Crippen LogP contribution in [0.5, 0.6) is 0 Å². The zero-order valence-electron chi connectivity index (χ0n) is 27.3. The van der Waals surface area contributed by atoms with Crippen molar-refractivity contribution >= 4 is 34.8 Å². The van der Waals surface area contributed by atoms with Crippen molar-refractivity contribution in [3.63, 3.8) is 0 Å². The molecule has 0 saturated heterocycles. The van der Waals surface area contributed by atoms with Crippen LogP contribution < -0.4 is 27.4 Å². The van der Waals surface area contributed by atoms with E-state index >= 15 is 0 Å². The van der Waals surface area contributed by atoms with E-state index in [0.717, 1.165) is 41.0 Å². The molecule has 3 rings (SSSR count). The summed E-state index contributed by atoms with van der Waals surface area (Å²) in [5.41, 5.74) is 15.4. The third-order valence-corrected chi connectivity index (χ3v) is 7.34. The van der Waals surface area contributed by atoms with Crippen molar-refractivity contribution in [1.29, 1.82) is 0 Å². The Hall–Kier alpha value is -4.55. The molecule has 0 saturated carbocycles. The minimum atomic E-state index is -0.318. The SMILES string of the molecule is CC(C)(C)OC=O.CNC(C)c1cccc(CC(=O)N/C(N)=C/C=C(\N)CCCCc2nnc(NC(=O)Cc3ccccc3)s2)c1. The maximum Gasteiger partial charge on any atom is 0.293 e. The van der Waals surface area contributed by atoms with Gasteiger partial charge in [-0.3, -0.25) is 14.4 Å². The number of nitrogens with zero attached hydrogens (tertiary/aromatic N) is 2. The summed E-state index contributed by atoms with van der Waals surface area (Å²) in [7, 11) is 1.90. The fourth-order valence-corrected chi connectivity index (χ4v) is 4.75. The van der Waals surface area contributed by atoms with Gasteiger partial charge in [0, 0.05) is 18.2 Å². The summed E-state index contributed by atoms with van der Waals surface area (Å²) in [5, 5.41) is 18.3. The van der Waals surface area contributed by atoms with Crippen LogP contribution in [0.1, 0.15) is 74.7 Å². The highest BCUT2D eigenvalue weighted by Crippen LogP contribution is 2.18. The third-order valence-electron chi connectivity index (χ3n) is 6.44. The first-order valence-corrected chi connectivity index (χ1v) is 16.0. The van der Waals surface area contributed by atoms with Crippen LogP contribution >= 0.6 is 11.3 Å². The molecule has 2 amide bonds. The van der Waals surface area contributed by atoms with Crippen LogP contribution in [0.3, 0.4) is 0 Å². The van der Waals surface area contributed by atoms with Crippen molar-refractivity contribution in [3.05, 3.63) is 100.0 Å². The Kier molecular flexibility index (Phi) is 16.2. The molecular formula is C34H47N7O4S. The van der Waals surface area contributed by atoms with Crippen molar-refractivity contribution in [2.24, 2.45) is 11.5 Å². The van der Waals surface area contributed by atoms with Crippen LogP contribution in [-0.4, -0.2) is 41.1 Å². The average Bonchev–Trinajstić information content (AvgIpc) is 3.44. The lowest BCUT2D eigenvalue weighted by atomic mass is 10.0. The fourth-order valence-electron chi connectivity index (χ4n) is 3.95. The quantitative estimate of drug-likeness (QED) is 0.0890. The predicted molar refractivity (Wildman–Crippen MR) is 183 cm³/mol. The zero-order chi connectivity index (χ0) is 34.0. The molecule has 2 aromatic carbocycles. The Morgan fingerprint density at radius 1 is 0.957 bits per heavy atom. The number of unbranched alkanes of at least 4 members (excludes halogenated alkanes) is 1. The van der Waals surface area contributed by atoms with E-state index in [0.29, 0.717) is 30.1 Å². The van der Waals surface area contributed by atoms with Gasteiger partial charge in [0.2, 0.25) is 16.9 Å². The van der Waals surface area contributed by atoms with Gasteiger partial charge in [0.05, 0.1) is 12.8 Å². The second-order valence-electron chi connectivity index (χ2n) is 11.6. The Morgan fingerprint density at radius 3 is 2.30 bits per heavy atom. The number of benzene rings is 2. The molecule has 0 aliphatic rings. The van der Waals surface area contributed by atoms with E-state index in [2.05, 4.69) is 37.8 Å². The van der Waals surface area contributed by atoms with Crippen molar-refractivity contribution in [2.45, 2.75) is 77.9 Å². The first-order valence-electron chi connectivity index (χ1n) is 15.1. The van der Waals surface area contributed by atoms with Crippen LogP contribution in [0, 0.1) is 0 Å². The van der Waals surface area contributed by atoms with Gasteiger partial charge in [0.15, 0.2) is 0 Å². The number of ether oxygens (including phenoxy) is 1. The second-order valence-corrected chi connectivity index (χ2v) is 12.7. The molecule has 1 unspecified atom stereocenters. The lowest BCUT2D eigenvalue weighted by Crippen LogP contribution is -2.28. The molecule has 0 spiro atoms. The van der Waals surface area contributed by atoms with E-state index < -0.39 is 0 Å². The lowest BCUT2D eigenvalue weighted by Gasteiger charge is -2.14. The zero-order valence-corrected chi connectivity index (χ0v) is 28.2. The van der Waals surface area contributed by atoms with Gasteiger partial charge in [-0.1, -0.05) is 65.9 Å². The van der Waals surface area contributed by atoms with Gasteiger partial charge in [0.25, 0.3) is 6.47 Å². The van der Waals surface area contributed by atoms with Crippen LogP contribution in [0.25, 0.3) is 0 Å². The van der Waals surface area contributed by atoms with Gasteiger partial charge >= 0.3 is 0 Å². The maximum absolute atomic E-state index is 12.4. The number of amides is 2. The first kappa shape index (κ1) is 37.6. The highest BCUT2D eigenvalue weighted by molar-refractivity contribution is 7.15. The molecule has 1 aromatic heterocycles. The van der Waals surface area contributed by atoms with Gasteiger partial charge < -0.3 is 32.2 Å². The summed E-state index contributed by atoms with van der Waals surface area (Å²) >= 11 is 1.38. The number of rotatable bonds is 15. The standard InChI is InChI=1S/C29H37N7O2S.C5H10O2/c1-20(32-2)23-12-8-11-22(17-23)19-26(37)33-25(31)16-15-24(30)13-6-7-14-28-35-36-29(39-28)34-27(38)18-21-9-4-3-5-10-21;1-5(2,3)7-4-6/h3-5,8-12,15-17,20,32H,6-7,13-14,18-19,30-31H2,1-2H3,(H,33,37)(H,34,36,38);4H,1-3H3/b24-15-,25-16+;. The molecular weight excluding hydrogens is 602 g/mol. The number of anilines is 1. The molecule has 0 bridgehead atoms. The highest BCUT2D eigenvalue weighted by atomic mass is 32.1. The number of aromatic nitrogens is 2. The van der Waals surface area contributed by atoms with Gasteiger partial charge in [-0.2, -0.15) is 0 Å². The molecule has 0 aliphatic heterocycles. The number of nitrogens with one attached hydrogen (secondary N) is 3. The molecule has 0 aliphatic carbocycles. The maximum atomic E-state index is 12.4. The number of hydrogen-bond donors (Lipinski definition) is 5. The molecule has 46 heavy (non-hydrogen) atoms. The monoisotopic (exact) mass is 649 g/mol. The number of carbonyl (C=O) groups is 3. The molecule has 1 heterocycles. The van der Waals surface area contributed by atoms with Crippen molar-refractivity contribution < 1.29 is 19.1 Å². The summed E-state index contributed by atoms with van der Waals surface area (Å²) in [5.74, 6) is -0.0465. The smallest absolute Gasteiger partial charge is 0.293 e. The van der Waals surface area contributed by atoms with E-state index in [1.54, 1.807) is 12.2 Å². The van der Waals surface area contributed by atoms with Crippen LogP contribution in [0.15, 0.2) is 78.3 Å². The number of carbonyl (C=O) groups excluding carboxylic acids is 3. The van der Waals surface area contributed by atoms with E-state index in [1.165, 1.54) is 11.3 Å². The van der Waals surface area contributed by atoms with E-state index in [9.17, 15) is 14.4 Å². The van der Waals surface area contributed by atoms with E-state index in [1.807, 2.05) is 82.4 Å². The summed E-state index contributed by atoms with van der Waals surface area (Å²) in [6, 6.07) is 17.7. The Balaban J connectivity index is 0.000000942. The Morgan fingerprint density at radius 2 is 1.65 bits per heavy atom. The number of aryl methyl sites for hydroxylation is 1. The van der Waals surface area contributed by atoms with E-state index in [4.69, 9.17) is 11.5 Å². The van der Waals surface area contributed by atoms with Gasteiger partial charge in [0.1, 0.15) is 16.4 Å². The number of hydrogen-bond acceptors (Lipinski definition) is 10. The highest BCUT2D eigenvalue weighted by Gasteiger charge is 2.10. The lowest BCUT2D eigenvalue weighted by molar-refractivity contribution is -0.138. The van der Waals surface area contributed by atoms with Crippen molar-refractivity contribution in [1.82, 2.24) is 20.8 Å². The summed E-state index contributed by atoms with van der Waals surface area (Å²) in [6.45, 7) is 7.99. The predicted octanol–water partition coefficient (Wildman–Crippen LogP) is 4.67. The van der Waals surface area contributed by atoms with Crippen molar-refractivity contribution in [3.8, 4) is 0 Å². The van der Waals surface area contributed by atoms with E-state index in [-0.39, 0.29) is 35.7 Å². The molecule has 0 fully saturated rings. The molecule has 248 valence electrons. The molecule has 11 nitrogen and oxygen atoms in total. The van der Waals surface area contributed by atoms with Crippen molar-refractivity contribution in [2.75, 3.05) is 12.4 Å². The molecule has 0 radical (unpaired) electrons. The third kappa shape index (κ3) is 16.0. The summed E-state index contributed by atoms with van der Waals surface area (Å²) in [6.07, 6.45) is 7.05. The topological polar surface area (TPSA) is 174 Å². The van der Waals surface area contributed by atoms with Gasteiger partial charge in [-0.05, 0) is 82.8 Å². The largest absolute Gasteiger partial charge is 0.462 e. The molecule has 12 heteroatoms. The first-order chi connectivity index (χ1) is 21.9. The normalized spacial score (nSPS) is 12.4. The van der Waals surface area contributed by atoms with Crippen LogP contribution in [-0.2, 0) is 38.4 Å². The van der Waals surface area contributed by atoms with Crippen LogP contribution in [0.4, 0.5) is 5.13 Å². The van der Waals surface area contributed by atoms with Gasteiger partial charge in [-0.25, -0.2) is 0 Å². The fraction of sp³-hybridized carbons (Fsp3) is 0.382. The second kappa shape index (κ2) is 19.8. The number of allylic oxidation sites excluding steroid dienone is 3. The molecule has 1 atom stereocenters. The summed E-state index contributed by atoms with van der Waals surface area (Å²) < 4.78 is 4.55. The average molecular weight is 650 g/mol.